The molecule has 1 aliphatic heterocycles. The van der Waals surface area contributed by atoms with Crippen molar-refractivity contribution >= 4 is 34.5 Å². The van der Waals surface area contributed by atoms with Crippen molar-refractivity contribution in [3.05, 3.63) is 70.1 Å². The standard InChI is InChI=1S/C20H18O4S2/c1-22-16-6-7-17-14(10-19(21)24-18(17)11-16)12-23-15-4-2-13(3-5-15)20-25-8-9-26-20/h2-7,10-11,20H,8-9,12H2,1H3. The quantitative estimate of drug-likeness (QED) is 0.584. The molecule has 0 radical (unpaired) electrons. The van der Waals surface area contributed by atoms with Crippen LogP contribution in [0, 0.1) is 0 Å². The maximum Gasteiger partial charge on any atom is 0.336 e. The van der Waals surface area contributed by atoms with Crippen LogP contribution in [0.25, 0.3) is 11.0 Å². The SMILES string of the molecule is COc1ccc2c(COc3ccc(C4SCCS4)cc3)cc(=O)oc2c1. The zero-order valence-electron chi connectivity index (χ0n) is 14.3. The molecular weight excluding hydrogens is 368 g/mol. The van der Waals surface area contributed by atoms with E-state index in [1.165, 1.54) is 23.1 Å². The zero-order chi connectivity index (χ0) is 17.9. The Morgan fingerprint density at radius 2 is 1.77 bits per heavy atom. The molecule has 0 saturated carbocycles. The van der Waals surface area contributed by atoms with E-state index in [0.29, 0.717) is 22.5 Å². The summed E-state index contributed by atoms with van der Waals surface area (Å²) >= 11 is 3.97. The van der Waals surface area contributed by atoms with Crippen molar-refractivity contribution in [2.24, 2.45) is 0 Å². The second kappa shape index (κ2) is 7.68. The molecule has 4 nitrogen and oxygen atoms in total. The number of ether oxygens (including phenoxy) is 2. The fraction of sp³-hybridized carbons (Fsp3) is 0.250. The monoisotopic (exact) mass is 386 g/mol. The van der Waals surface area contributed by atoms with E-state index < -0.39 is 5.63 Å². The van der Waals surface area contributed by atoms with Crippen molar-refractivity contribution in [1.82, 2.24) is 0 Å². The van der Waals surface area contributed by atoms with Gasteiger partial charge in [-0.2, -0.15) is 0 Å². The summed E-state index contributed by atoms with van der Waals surface area (Å²) < 4.78 is 16.9. The highest BCUT2D eigenvalue weighted by Crippen LogP contribution is 2.45. The predicted octanol–water partition coefficient (Wildman–Crippen LogP) is 4.86. The second-order valence-corrected chi connectivity index (χ2v) is 8.61. The first kappa shape index (κ1) is 17.4. The van der Waals surface area contributed by atoms with Gasteiger partial charge >= 0.3 is 5.63 Å². The molecule has 0 bridgehead atoms. The maximum absolute atomic E-state index is 11.8. The van der Waals surface area contributed by atoms with Gasteiger partial charge in [-0.15, -0.1) is 23.5 Å². The van der Waals surface area contributed by atoms with Gasteiger partial charge in [0.25, 0.3) is 0 Å². The molecule has 0 amide bonds. The number of methoxy groups -OCH3 is 1. The molecule has 2 heterocycles. The fourth-order valence-corrected chi connectivity index (χ4v) is 5.75. The summed E-state index contributed by atoms with van der Waals surface area (Å²) in [7, 11) is 1.58. The lowest BCUT2D eigenvalue weighted by atomic mass is 10.1. The molecule has 1 saturated heterocycles. The number of hydrogen-bond donors (Lipinski definition) is 0. The van der Waals surface area contributed by atoms with Crippen molar-refractivity contribution in [2.75, 3.05) is 18.6 Å². The van der Waals surface area contributed by atoms with E-state index in [-0.39, 0.29) is 0 Å². The molecule has 1 fully saturated rings. The topological polar surface area (TPSA) is 48.7 Å². The van der Waals surface area contributed by atoms with Gasteiger partial charge in [0, 0.05) is 34.6 Å². The van der Waals surface area contributed by atoms with E-state index in [0.717, 1.165) is 16.7 Å². The highest BCUT2D eigenvalue weighted by Gasteiger charge is 2.18. The predicted molar refractivity (Wildman–Crippen MR) is 107 cm³/mol. The van der Waals surface area contributed by atoms with Gasteiger partial charge in [-0.05, 0) is 29.8 Å². The summed E-state index contributed by atoms with van der Waals surface area (Å²) in [5, 5.41) is 0.848. The maximum atomic E-state index is 11.8. The number of hydrogen-bond acceptors (Lipinski definition) is 6. The molecule has 2 aromatic carbocycles. The lowest BCUT2D eigenvalue weighted by Crippen LogP contribution is -2.04. The van der Waals surface area contributed by atoms with E-state index in [4.69, 9.17) is 13.9 Å². The molecule has 1 aromatic heterocycles. The van der Waals surface area contributed by atoms with Crippen LogP contribution in [0.4, 0.5) is 0 Å². The van der Waals surface area contributed by atoms with Gasteiger partial charge in [0.1, 0.15) is 23.7 Å². The second-order valence-electron chi connectivity index (χ2n) is 5.88. The fourth-order valence-electron chi connectivity index (χ4n) is 2.89. The summed E-state index contributed by atoms with van der Waals surface area (Å²) in [5.74, 6) is 3.86. The first-order chi connectivity index (χ1) is 12.7. The van der Waals surface area contributed by atoms with Gasteiger partial charge in [0.15, 0.2) is 0 Å². The van der Waals surface area contributed by atoms with Crippen LogP contribution >= 0.6 is 23.5 Å². The van der Waals surface area contributed by atoms with Gasteiger partial charge in [-0.25, -0.2) is 4.79 Å². The van der Waals surface area contributed by atoms with Crippen LogP contribution in [-0.2, 0) is 6.61 Å². The number of thioether (sulfide) groups is 2. The molecule has 1 aliphatic rings. The van der Waals surface area contributed by atoms with Crippen molar-refractivity contribution in [3.63, 3.8) is 0 Å². The van der Waals surface area contributed by atoms with E-state index >= 15 is 0 Å². The van der Waals surface area contributed by atoms with E-state index in [9.17, 15) is 4.79 Å². The van der Waals surface area contributed by atoms with Gasteiger partial charge < -0.3 is 13.9 Å². The molecule has 0 aliphatic carbocycles. The summed E-state index contributed by atoms with van der Waals surface area (Å²) in [6.45, 7) is 0.306. The molecule has 134 valence electrons. The van der Waals surface area contributed by atoms with Crippen LogP contribution in [0.5, 0.6) is 11.5 Å². The van der Waals surface area contributed by atoms with Crippen molar-refractivity contribution < 1.29 is 13.9 Å². The van der Waals surface area contributed by atoms with Crippen LogP contribution < -0.4 is 15.1 Å². The number of rotatable bonds is 5. The van der Waals surface area contributed by atoms with Crippen LogP contribution in [0.2, 0.25) is 0 Å². The molecule has 0 unspecified atom stereocenters. The van der Waals surface area contributed by atoms with Crippen molar-refractivity contribution in [2.45, 2.75) is 11.2 Å². The third kappa shape index (κ3) is 3.71. The molecule has 0 spiro atoms. The van der Waals surface area contributed by atoms with Crippen molar-refractivity contribution in [3.8, 4) is 11.5 Å². The highest BCUT2D eigenvalue weighted by molar-refractivity contribution is 8.19. The molecule has 26 heavy (non-hydrogen) atoms. The molecule has 0 N–H and O–H groups in total. The summed E-state index contributed by atoms with van der Waals surface area (Å²) in [6.07, 6.45) is 0. The minimum Gasteiger partial charge on any atom is -0.497 e. The molecule has 3 aromatic rings. The summed E-state index contributed by atoms with van der Waals surface area (Å²) in [4.78, 5) is 11.8. The number of fused-ring (bicyclic) bond motifs is 1. The summed E-state index contributed by atoms with van der Waals surface area (Å²) in [6, 6.07) is 15.1. The normalized spacial score (nSPS) is 14.7. The Balaban J connectivity index is 1.53. The van der Waals surface area contributed by atoms with Crippen LogP contribution in [0.15, 0.2) is 57.7 Å². The minimum absolute atomic E-state index is 0.306. The van der Waals surface area contributed by atoms with Gasteiger partial charge in [-0.3, -0.25) is 0 Å². The van der Waals surface area contributed by atoms with E-state index in [1.54, 1.807) is 13.2 Å². The minimum atomic E-state index is -0.394. The first-order valence-corrected chi connectivity index (χ1v) is 10.4. The molecule has 0 atom stereocenters. The number of benzene rings is 2. The van der Waals surface area contributed by atoms with Crippen LogP contribution in [0.3, 0.4) is 0 Å². The van der Waals surface area contributed by atoms with Crippen molar-refractivity contribution in [1.29, 1.82) is 0 Å². The first-order valence-electron chi connectivity index (χ1n) is 8.30. The Kier molecular flexibility index (Phi) is 5.13. The van der Waals surface area contributed by atoms with E-state index in [1.807, 2.05) is 47.8 Å². The summed E-state index contributed by atoms with van der Waals surface area (Å²) in [5.41, 5.74) is 2.23. The Hall–Kier alpha value is -2.05. The van der Waals surface area contributed by atoms with Gasteiger partial charge in [0.2, 0.25) is 0 Å². The van der Waals surface area contributed by atoms with E-state index in [2.05, 4.69) is 12.1 Å². The Bertz CT molecular complexity index is 960. The Labute approximate surface area is 159 Å². The molecule has 4 rings (SSSR count). The largest absolute Gasteiger partial charge is 0.497 e. The highest BCUT2D eigenvalue weighted by atomic mass is 32.2. The van der Waals surface area contributed by atoms with Crippen LogP contribution in [0.1, 0.15) is 15.7 Å². The zero-order valence-corrected chi connectivity index (χ0v) is 15.9. The lowest BCUT2D eigenvalue weighted by molar-refractivity contribution is 0.306. The molecular formula is C20H18O4S2. The van der Waals surface area contributed by atoms with Gasteiger partial charge in [-0.1, -0.05) is 12.1 Å². The molecule has 6 heteroatoms. The smallest absolute Gasteiger partial charge is 0.336 e. The third-order valence-electron chi connectivity index (χ3n) is 4.21. The average molecular weight is 386 g/mol. The Morgan fingerprint density at radius 3 is 2.50 bits per heavy atom. The van der Waals surface area contributed by atoms with Gasteiger partial charge in [0.05, 0.1) is 11.7 Å². The Morgan fingerprint density at radius 1 is 1.04 bits per heavy atom. The average Bonchev–Trinajstić information content (AvgIpc) is 3.20. The lowest BCUT2D eigenvalue weighted by Gasteiger charge is -2.11. The van der Waals surface area contributed by atoms with Crippen LogP contribution in [-0.4, -0.2) is 18.6 Å². The third-order valence-corrected chi connectivity index (χ3v) is 7.31.